The Morgan fingerprint density at radius 2 is 2.22 bits per heavy atom. The molecule has 1 aromatic heterocycles. The van der Waals surface area contributed by atoms with Crippen LogP contribution < -0.4 is 20.9 Å². The van der Waals surface area contributed by atoms with Gasteiger partial charge >= 0.3 is 0 Å². The molecule has 23 heavy (non-hydrogen) atoms. The van der Waals surface area contributed by atoms with Gasteiger partial charge in [-0.25, -0.2) is 9.66 Å². The standard InChI is InChI=1S/C14H16ClN5O3/c1-8-6-20(14(17)19-8)18-5-9-3-11(22-2)12(4-10(9)15)23-7-13(16)21/h3-6H,7H2,1-2H3,(H2,16,21)(H2,17,19). The number of hydrogen-bond donors (Lipinski definition) is 2. The summed E-state index contributed by atoms with van der Waals surface area (Å²) < 4.78 is 11.9. The Kier molecular flexibility index (Phi) is 5.07. The molecule has 0 bridgehead atoms. The first-order chi connectivity index (χ1) is 10.9. The summed E-state index contributed by atoms with van der Waals surface area (Å²) in [4.78, 5) is 14.8. The summed E-state index contributed by atoms with van der Waals surface area (Å²) >= 11 is 6.19. The monoisotopic (exact) mass is 337 g/mol. The maximum atomic E-state index is 10.8. The molecule has 2 rings (SSSR count). The Bertz CT molecular complexity index is 757. The van der Waals surface area contributed by atoms with E-state index in [4.69, 9.17) is 32.5 Å². The molecule has 1 amide bonds. The molecule has 1 aromatic carbocycles. The van der Waals surface area contributed by atoms with Gasteiger partial charge in [0.1, 0.15) is 0 Å². The summed E-state index contributed by atoms with van der Waals surface area (Å²) in [6.45, 7) is 1.54. The van der Waals surface area contributed by atoms with Crippen LogP contribution in [0.15, 0.2) is 23.4 Å². The number of rotatable bonds is 6. The summed E-state index contributed by atoms with van der Waals surface area (Å²) in [7, 11) is 1.47. The summed E-state index contributed by atoms with van der Waals surface area (Å²) in [6.07, 6.45) is 3.20. The minimum atomic E-state index is -0.597. The molecule has 0 atom stereocenters. The predicted molar refractivity (Wildman–Crippen MR) is 87.1 cm³/mol. The Morgan fingerprint density at radius 1 is 1.48 bits per heavy atom. The first kappa shape index (κ1) is 16.6. The van der Waals surface area contributed by atoms with Crippen LogP contribution in [0, 0.1) is 6.92 Å². The highest BCUT2D eigenvalue weighted by Crippen LogP contribution is 2.32. The van der Waals surface area contributed by atoms with Gasteiger partial charge in [-0.15, -0.1) is 0 Å². The molecular weight excluding hydrogens is 322 g/mol. The first-order valence-electron chi connectivity index (χ1n) is 6.55. The first-order valence-corrected chi connectivity index (χ1v) is 6.93. The number of ether oxygens (including phenoxy) is 2. The molecule has 1 heterocycles. The molecule has 0 spiro atoms. The highest BCUT2D eigenvalue weighted by Gasteiger charge is 2.11. The summed E-state index contributed by atoms with van der Waals surface area (Å²) in [5, 5.41) is 4.55. The van der Waals surface area contributed by atoms with E-state index in [2.05, 4.69) is 10.1 Å². The number of imidazole rings is 1. The van der Waals surface area contributed by atoms with Gasteiger partial charge in [0.15, 0.2) is 18.1 Å². The van der Waals surface area contributed by atoms with Gasteiger partial charge < -0.3 is 20.9 Å². The number of benzene rings is 1. The zero-order chi connectivity index (χ0) is 17.0. The molecule has 0 fully saturated rings. The lowest BCUT2D eigenvalue weighted by Gasteiger charge is -2.11. The second kappa shape index (κ2) is 7.01. The lowest BCUT2D eigenvalue weighted by Crippen LogP contribution is -2.20. The number of primary amides is 1. The number of hydrogen-bond acceptors (Lipinski definition) is 6. The lowest BCUT2D eigenvalue weighted by molar-refractivity contribution is -0.119. The van der Waals surface area contributed by atoms with Crippen molar-refractivity contribution in [3.63, 3.8) is 0 Å². The van der Waals surface area contributed by atoms with Gasteiger partial charge in [0.2, 0.25) is 5.95 Å². The Morgan fingerprint density at radius 3 is 2.78 bits per heavy atom. The van der Waals surface area contributed by atoms with Crippen molar-refractivity contribution in [2.24, 2.45) is 10.8 Å². The number of nitrogen functional groups attached to an aromatic ring is 1. The molecule has 0 aliphatic carbocycles. The van der Waals surface area contributed by atoms with Crippen molar-refractivity contribution >= 4 is 29.7 Å². The van der Waals surface area contributed by atoms with E-state index in [0.29, 0.717) is 22.1 Å². The van der Waals surface area contributed by atoms with Crippen molar-refractivity contribution in [1.29, 1.82) is 0 Å². The third-order valence-corrected chi connectivity index (χ3v) is 3.14. The van der Waals surface area contributed by atoms with E-state index >= 15 is 0 Å². The van der Waals surface area contributed by atoms with Crippen molar-refractivity contribution < 1.29 is 14.3 Å². The third-order valence-electron chi connectivity index (χ3n) is 2.81. The topological polar surface area (TPSA) is 118 Å². The second-order valence-electron chi connectivity index (χ2n) is 4.61. The number of carbonyl (C=O) groups is 1. The van der Waals surface area contributed by atoms with Crippen LogP contribution >= 0.6 is 11.6 Å². The van der Waals surface area contributed by atoms with Crippen LogP contribution in [0.2, 0.25) is 5.02 Å². The van der Waals surface area contributed by atoms with Crippen molar-refractivity contribution in [1.82, 2.24) is 9.66 Å². The van der Waals surface area contributed by atoms with Crippen LogP contribution in [-0.2, 0) is 4.79 Å². The Balaban J connectivity index is 2.29. The van der Waals surface area contributed by atoms with Gasteiger partial charge in [0, 0.05) is 11.6 Å². The molecule has 4 N–H and O–H groups in total. The normalized spacial score (nSPS) is 10.9. The molecule has 0 unspecified atom stereocenters. The Labute approximate surface area is 137 Å². The summed E-state index contributed by atoms with van der Waals surface area (Å²) in [6, 6.07) is 3.15. The zero-order valence-corrected chi connectivity index (χ0v) is 13.4. The molecule has 122 valence electrons. The molecule has 0 saturated carbocycles. The fraction of sp³-hybridized carbons (Fsp3) is 0.214. The van der Waals surface area contributed by atoms with Gasteiger partial charge in [-0.3, -0.25) is 4.79 Å². The van der Waals surface area contributed by atoms with E-state index in [0.717, 1.165) is 5.69 Å². The Hall–Kier alpha value is -2.74. The molecule has 2 aromatic rings. The van der Waals surface area contributed by atoms with Crippen LogP contribution in [0.4, 0.5) is 5.95 Å². The van der Waals surface area contributed by atoms with Crippen LogP contribution in [-0.4, -0.2) is 35.5 Å². The molecule has 0 radical (unpaired) electrons. The van der Waals surface area contributed by atoms with Gasteiger partial charge in [-0.1, -0.05) is 11.6 Å². The molecule has 8 nitrogen and oxygen atoms in total. The van der Waals surface area contributed by atoms with E-state index in [9.17, 15) is 4.79 Å². The van der Waals surface area contributed by atoms with E-state index in [-0.39, 0.29) is 12.6 Å². The number of aryl methyl sites for hydroxylation is 1. The molecule has 9 heteroatoms. The number of nitrogens with two attached hydrogens (primary N) is 2. The summed E-state index contributed by atoms with van der Waals surface area (Å²) in [5.41, 5.74) is 12.1. The highest BCUT2D eigenvalue weighted by molar-refractivity contribution is 6.33. The van der Waals surface area contributed by atoms with Crippen molar-refractivity contribution in [3.8, 4) is 11.5 Å². The van der Waals surface area contributed by atoms with Crippen molar-refractivity contribution in [3.05, 3.63) is 34.6 Å². The minimum Gasteiger partial charge on any atom is -0.493 e. The number of halogens is 1. The number of nitrogens with zero attached hydrogens (tertiary/aromatic N) is 3. The van der Waals surface area contributed by atoms with E-state index in [1.54, 1.807) is 12.3 Å². The van der Waals surface area contributed by atoms with E-state index in [1.807, 2.05) is 6.92 Å². The largest absolute Gasteiger partial charge is 0.493 e. The molecular formula is C14H16ClN5O3. The molecule has 0 aliphatic rings. The highest BCUT2D eigenvalue weighted by atomic mass is 35.5. The number of anilines is 1. The van der Waals surface area contributed by atoms with E-state index in [1.165, 1.54) is 24.1 Å². The van der Waals surface area contributed by atoms with Crippen molar-refractivity contribution in [2.75, 3.05) is 19.5 Å². The number of amides is 1. The zero-order valence-electron chi connectivity index (χ0n) is 12.6. The lowest BCUT2D eigenvalue weighted by atomic mass is 10.2. The average molecular weight is 338 g/mol. The number of carbonyl (C=O) groups excluding carboxylic acids is 1. The number of aromatic nitrogens is 2. The van der Waals surface area contributed by atoms with Gasteiger partial charge in [0.25, 0.3) is 5.91 Å². The fourth-order valence-corrected chi connectivity index (χ4v) is 1.99. The average Bonchev–Trinajstić information content (AvgIpc) is 2.81. The van der Waals surface area contributed by atoms with Gasteiger partial charge in [0.05, 0.1) is 30.2 Å². The number of methoxy groups -OCH3 is 1. The van der Waals surface area contributed by atoms with Crippen LogP contribution in [0.5, 0.6) is 11.5 Å². The van der Waals surface area contributed by atoms with Crippen LogP contribution in [0.3, 0.4) is 0 Å². The van der Waals surface area contributed by atoms with Crippen LogP contribution in [0.1, 0.15) is 11.3 Å². The SMILES string of the molecule is COc1cc(C=Nn2cc(C)nc2N)c(Cl)cc1OCC(N)=O. The quantitative estimate of drug-likeness (QED) is 0.767. The smallest absolute Gasteiger partial charge is 0.255 e. The second-order valence-corrected chi connectivity index (χ2v) is 5.02. The van der Waals surface area contributed by atoms with Gasteiger partial charge in [-0.2, -0.15) is 5.10 Å². The van der Waals surface area contributed by atoms with Gasteiger partial charge in [-0.05, 0) is 13.0 Å². The van der Waals surface area contributed by atoms with E-state index < -0.39 is 5.91 Å². The minimum absolute atomic E-state index is 0.267. The van der Waals surface area contributed by atoms with Crippen molar-refractivity contribution in [2.45, 2.75) is 6.92 Å². The maximum absolute atomic E-state index is 10.8. The van der Waals surface area contributed by atoms with Crippen LogP contribution in [0.25, 0.3) is 0 Å². The maximum Gasteiger partial charge on any atom is 0.255 e. The third kappa shape index (κ3) is 4.13. The predicted octanol–water partition coefficient (Wildman–Crippen LogP) is 1.18. The molecule has 0 saturated heterocycles. The molecule has 0 aliphatic heterocycles. The fourth-order valence-electron chi connectivity index (χ4n) is 1.79. The summed E-state index contributed by atoms with van der Waals surface area (Å²) in [5.74, 6) is 0.376.